The first-order chi connectivity index (χ1) is 9.22. The van der Waals surface area contributed by atoms with E-state index in [1.165, 1.54) is 18.4 Å². The largest absolute Gasteiger partial charge is 0.330 e. The van der Waals surface area contributed by atoms with Gasteiger partial charge in [-0.3, -0.25) is 4.99 Å². The van der Waals surface area contributed by atoms with Gasteiger partial charge in [0.15, 0.2) is 0 Å². The van der Waals surface area contributed by atoms with Gasteiger partial charge < -0.3 is 11.5 Å². The fraction of sp³-hybridized carbons (Fsp3) is 0.533. The van der Waals surface area contributed by atoms with E-state index in [0.717, 1.165) is 37.4 Å². The van der Waals surface area contributed by atoms with E-state index in [9.17, 15) is 0 Å². The van der Waals surface area contributed by atoms with Crippen LogP contribution in [-0.4, -0.2) is 25.3 Å². The highest BCUT2D eigenvalue weighted by Crippen LogP contribution is 2.10. The molecule has 3 nitrogen and oxygen atoms in total. The first-order valence-corrected chi connectivity index (χ1v) is 7.30. The summed E-state index contributed by atoms with van der Waals surface area (Å²) in [6.45, 7) is 1.65. The van der Waals surface area contributed by atoms with Crippen LogP contribution in [0.4, 0.5) is 0 Å². The molecule has 4 heteroatoms. The Morgan fingerprint density at radius 2 is 1.79 bits per heavy atom. The van der Waals surface area contributed by atoms with Gasteiger partial charge in [-0.1, -0.05) is 36.6 Å². The lowest BCUT2D eigenvalue weighted by Crippen LogP contribution is -2.24. The smallest absolute Gasteiger partial charge is 0.0435 e. The molecule has 1 atom stereocenters. The van der Waals surface area contributed by atoms with Gasteiger partial charge in [0.1, 0.15) is 0 Å². The molecule has 0 aliphatic rings. The summed E-state index contributed by atoms with van der Waals surface area (Å²) >= 11 is 5.84. The van der Waals surface area contributed by atoms with Gasteiger partial charge in [-0.05, 0) is 43.5 Å². The summed E-state index contributed by atoms with van der Waals surface area (Å²) in [6, 6.07) is 7.76. The molecular formula is C15H24ClN3. The van der Waals surface area contributed by atoms with Crippen LogP contribution in [-0.2, 0) is 6.42 Å². The molecule has 0 amide bonds. The lowest BCUT2D eigenvalue weighted by atomic mass is 10.1. The molecule has 0 aliphatic carbocycles. The number of halogens is 1. The number of rotatable bonds is 9. The van der Waals surface area contributed by atoms with Gasteiger partial charge in [0.05, 0.1) is 0 Å². The van der Waals surface area contributed by atoms with Crippen molar-refractivity contribution in [3.05, 3.63) is 34.9 Å². The van der Waals surface area contributed by atoms with Crippen molar-refractivity contribution < 1.29 is 0 Å². The summed E-state index contributed by atoms with van der Waals surface area (Å²) in [4.78, 5) is 4.38. The number of aliphatic imine (C=N–C) groups is 1. The molecule has 1 aromatic rings. The standard InChI is InChI=1S/C15H24ClN3/c16-14-7-5-13(6-8-14)11-15(18)12-19-10-4-2-1-3-9-17/h5-8,12,15H,1-4,9-11,17-18H2. The number of benzene rings is 1. The molecule has 0 bridgehead atoms. The zero-order valence-corrected chi connectivity index (χ0v) is 12.1. The van der Waals surface area contributed by atoms with E-state index in [2.05, 4.69) is 4.99 Å². The maximum Gasteiger partial charge on any atom is 0.0435 e. The molecular weight excluding hydrogens is 258 g/mol. The van der Waals surface area contributed by atoms with E-state index in [4.69, 9.17) is 23.1 Å². The van der Waals surface area contributed by atoms with Gasteiger partial charge in [-0.2, -0.15) is 0 Å². The molecule has 0 fully saturated rings. The Morgan fingerprint density at radius 3 is 2.47 bits per heavy atom. The Hall–Kier alpha value is -0.900. The Morgan fingerprint density at radius 1 is 1.11 bits per heavy atom. The monoisotopic (exact) mass is 281 g/mol. The molecule has 0 saturated carbocycles. The lowest BCUT2D eigenvalue weighted by Gasteiger charge is -2.06. The third kappa shape index (κ3) is 7.98. The highest BCUT2D eigenvalue weighted by atomic mass is 35.5. The molecule has 0 spiro atoms. The van der Waals surface area contributed by atoms with Crippen LogP contribution in [0.25, 0.3) is 0 Å². The summed E-state index contributed by atoms with van der Waals surface area (Å²) in [5, 5.41) is 0.753. The van der Waals surface area contributed by atoms with Crippen LogP contribution in [0.15, 0.2) is 29.3 Å². The van der Waals surface area contributed by atoms with Crippen LogP contribution in [0.1, 0.15) is 31.2 Å². The Kier molecular flexibility index (Phi) is 8.47. The molecule has 0 radical (unpaired) electrons. The highest BCUT2D eigenvalue weighted by Gasteiger charge is 2.00. The quantitative estimate of drug-likeness (QED) is 0.540. The Bertz CT molecular complexity index is 362. The average molecular weight is 282 g/mol. The summed E-state index contributed by atoms with van der Waals surface area (Å²) < 4.78 is 0. The number of nitrogens with zero attached hydrogens (tertiary/aromatic N) is 1. The summed E-state index contributed by atoms with van der Waals surface area (Å²) in [5.41, 5.74) is 12.6. The van der Waals surface area contributed by atoms with Gasteiger partial charge in [0.2, 0.25) is 0 Å². The van der Waals surface area contributed by atoms with E-state index in [1.807, 2.05) is 30.5 Å². The van der Waals surface area contributed by atoms with Crippen molar-refractivity contribution in [2.45, 2.75) is 38.1 Å². The Balaban J connectivity index is 2.16. The first-order valence-electron chi connectivity index (χ1n) is 6.92. The summed E-state index contributed by atoms with van der Waals surface area (Å²) in [6.07, 6.45) is 7.28. The zero-order valence-electron chi connectivity index (χ0n) is 11.4. The van der Waals surface area contributed by atoms with Crippen molar-refractivity contribution in [2.75, 3.05) is 13.1 Å². The number of nitrogens with two attached hydrogens (primary N) is 2. The molecule has 4 N–H and O–H groups in total. The van der Waals surface area contributed by atoms with E-state index < -0.39 is 0 Å². The minimum atomic E-state index is -0.0229. The van der Waals surface area contributed by atoms with E-state index in [0.29, 0.717) is 0 Å². The second kappa shape index (κ2) is 9.96. The summed E-state index contributed by atoms with van der Waals surface area (Å²) in [7, 11) is 0. The van der Waals surface area contributed by atoms with Crippen LogP contribution >= 0.6 is 11.6 Å². The molecule has 19 heavy (non-hydrogen) atoms. The van der Waals surface area contributed by atoms with Crippen LogP contribution in [0, 0.1) is 0 Å². The summed E-state index contributed by atoms with van der Waals surface area (Å²) in [5.74, 6) is 0. The lowest BCUT2D eigenvalue weighted by molar-refractivity contribution is 0.653. The van der Waals surface area contributed by atoms with Crippen LogP contribution in [0.2, 0.25) is 5.02 Å². The third-order valence-electron chi connectivity index (χ3n) is 2.92. The van der Waals surface area contributed by atoms with Gasteiger partial charge >= 0.3 is 0 Å². The number of hydrogen-bond donors (Lipinski definition) is 2. The van der Waals surface area contributed by atoms with Crippen molar-refractivity contribution in [3.8, 4) is 0 Å². The van der Waals surface area contributed by atoms with Crippen molar-refractivity contribution in [2.24, 2.45) is 16.5 Å². The fourth-order valence-corrected chi connectivity index (χ4v) is 1.98. The molecule has 106 valence electrons. The minimum Gasteiger partial charge on any atom is -0.330 e. The Labute approximate surface area is 121 Å². The first kappa shape index (κ1) is 16.2. The maximum atomic E-state index is 6.01. The van der Waals surface area contributed by atoms with E-state index in [-0.39, 0.29) is 6.04 Å². The fourth-order valence-electron chi connectivity index (χ4n) is 1.86. The number of unbranched alkanes of at least 4 members (excludes halogenated alkanes) is 3. The molecule has 0 heterocycles. The van der Waals surface area contributed by atoms with Gasteiger partial charge in [0, 0.05) is 23.8 Å². The minimum absolute atomic E-state index is 0.0229. The van der Waals surface area contributed by atoms with Crippen molar-refractivity contribution >= 4 is 17.8 Å². The van der Waals surface area contributed by atoms with E-state index >= 15 is 0 Å². The van der Waals surface area contributed by atoms with Crippen LogP contribution < -0.4 is 11.5 Å². The molecule has 1 rings (SSSR count). The maximum absolute atomic E-state index is 6.01. The predicted octanol–water partition coefficient (Wildman–Crippen LogP) is 2.80. The second-order valence-corrected chi connectivity index (χ2v) is 5.19. The van der Waals surface area contributed by atoms with Crippen molar-refractivity contribution in [1.82, 2.24) is 0 Å². The van der Waals surface area contributed by atoms with Gasteiger partial charge in [-0.25, -0.2) is 0 Å². The normalized spacial score (nSPS) is 13.0. The SMILES string of the molecule is NCCCCCCN=CC(N)Cc1ccc(Cl)cc1. The number of hydrogen-bond acceptors (Lipinski definition) is 3. The average Bonchev–Trinajstić information content (AvgIpc) is 2.40. The van der Waals surface area contributed by atoms with Crippen LogP contribution in [0.5, 0.6) is 0 Å². The molecule has 1 aromatic carbocycles. The van der Waals surface area contributed by atoms with Gasteiger partial charge in [-0.15, -0.1) is 0 Å². The zero-order chi connectivity index (χ0) is 13.9. The van der Waals surface area contributed by atoms with Crippen molar-refractivity contribution in [3.63, 3.8) is 0 Å². The molecule has 0 saturated heterocycles. The van der Waals surface area contributed by atoms with Crippen molar-refractivity contribution in [1.29, 1.82) is 0 Å². The van der Waals surface area contributed by atoms with E-state index in [1.54, 1.807) is 0 Å². The predicted molar refractivity (Wildman–Crippen MR) is 84.0 cm³/mol. The van der Waals surface area contributed by atoms with Gasteiger partial charge in [0.25, 0.3) is 0 Å². The topological polar surface area (TPSA) is 64.4 Å². The second-order valence-electron chi connectivity index (χ2n) is 4.75. The molecule has 1 unspecified atom stereocenters. The highest BCUT2D eigenvalue weighted by molar-refractivity contribution is 6.30. The third-order valence-corrected chi connectivity index (χ3v) is 3.17. The molecule has 0 aromatic heterocycles. The molecule has 0 aliphatic heterocycles. The van der Waals surface area contributed by atoms with Crippen LogP contribution in [0.3, 0.4) is 0 Å².